The zero-order valence-electron chi connectivity index (χ0n) is 10.8. The topological polar surface area (TPSA) is 95.3 Å². The number of hydrogen-bond acceptors (Lipinski definition) is 5. The summed E-state index contributed by atoms with van der Waals surface area (Å²) in [7, 11) is 0. The third kappa shape index (κ3) is 3.03. The van der Waals surface area contributed by atoms with E-state index >= 15 is 0 Å². The van der Waals surface area contributed by atoms with Crippen LogP contribution in [0.25, 0.3) is 11.3 Å². The highest BCUT2D eigenvalue weighted by Crippen LogP contribution is 2.33. The summed E-state index contributed by atoms with van der Waals surface area (Å²) >= 11 is 5.92. The van der Waals surface area contributed by atoms with Crippen molar-refractivity contribution in [3.63, 3.8) is 0 Å². The van der Waals surface area contributed by atoms with Crippen LogP contribution >= 0.6 is 11.6 Å². The highest BCUT2D eigenvalue weighted by Gasteiger charge is 2.25. The monoisotopic (exact) mass is 311 g/mol. The number of carboxylic acids is 1. The number of carboxylic acid groups (broad SMARTS) is 1. The molecule has 1 N–H and O–H groups in total. The van der Waals surface area contributed by atoms with Gasteiger partial charge >= 0.3 is 0 Å². The first-order valence-electron chi connectivity index (χ1n) is 5.80. The predicted molar refractivity (Wildman–Crippen MR) is 69.0 cm³/mol. The fourth-order valence-electron chi connectivity index (χ4n) is 1.78. The molecule has 0 aliphatic heterocycles. The maximum atomic E-state index is 13.9. The SMILES string of the molecule is Cc1onc(-c2c(F)cccc2Cl)c1C(=O)NCC(=O)[O-]. The maximum absolute atomic E-state index is 13.9. The van der Waals surface area contributed by atoms with Gasteiger partial charge in [-0.3, -0.25) is 4.79 Å². The number of rotatable bonds is 4. The summed E-state index contributed by atoms with van der Waals surface area (Å²) in [6, 6.07) is 4.00. The van der Waals surface area contributed by atoms with E-state index in [0.29, 0.717) is 0 Å². The van der Waals surface area contributed by atoms with Crippen LogP contribution < -0.4 is 10.4 Å². The van der Waals surface area contributed by atoms with E-state index in [1.807, 2.05) is 0 Å². The summed E-state index contributed by atoms with van der Waals surface area (Å²) in [5, 5.41) is 16.2. The Hall–Kier alpha value is -2.41. The standard InChI is InChI=1S/C13H10ClFN2O4/c1-6-10(13(20)16-5-9(18)19)12(17-21-6)11-7(14)3-2-4-8(11)15/h2-4H,5H2,1H3,(H,16,20)(H,18,19)/p-1. The molecule has 0 fully saturated rings. The lowest BCUT2D eigenvalue weighted by Crippen LogP contribution is -2.37. The van der Waals surface area contributed by atoms with Gasteiger partial charge in [0.2, 0.25) is 0 Å². The molecule has 1 heterocycles. The minimum absolute atomic E-state index is 0.0530. The number of carbonyl (C=O) groups is 2. The van der Waals surface area contributed by atoms with Crippen molar-refractivity contribution in [2.75, 3.05) is 6.54 Å². The first-order valence-corrected chi connectivity index (χ1v) is 6.18. The van der Waals surface area contributed by atoms with Crippen LogP contribution in [0.3, 0.4) is 0 Å². The van der Waals surface area contributed by atoms with Gasteiger partial charge < -0.3 is 19.7 Å². The van der Waals surface area contributed by atoms with Crippen LogP contribution in [-0.4, -0.2) is 23.6 Å². The third-order valence-corrected chi connectivity index (χ3v) is 3.00. The molecule has 1 aromatic carbocycles. The number of hydrogen-bond donors (Lipinski definition) is 1. The fourth-order valence-corrected chi connectivity index (χ4v) is 2.03. The summed E-state index contributed by atoms with van der Waals surface area (Å²) in [6.07, 6.45) is 0. The van der Waals surface area contributed by atoms with Gasteiger partial charge in [-0.15, -0.1) is 0 Å². The van der Waals surface area contributed by atoms with Crippen LogP contribution in [0.15, 0.2) is 22.7 Å². The number of amides is 1. The quantitative estimate of drug-likeness (QED) is 0.906. The highest BCUT2D eigenvalue weighted by molar-refractivity contribution is 6.33. The molecule has 0 spiro atoms. The second-order valence-corrected chi connectivity index (χ2v) is 4.52. The van der Waals surface area contributed by atoms with Crippen molar-refractivity contribution < 1.29 is 23.6 Å². The van der Waals surface area contributed by atoms with E-state index in [4.69, 9.17) is 16.1 Å². The molecular weight excluding hydrogens is 303 g/mol. The molecule has 21 heavy (non-hydrogen) atoms. The van der Waals surface area contributed by atoms with Crippen molar-refractivity contribution >= 4 is 23.5 Å². The van der Waals surface area contributed by atoms with E-state index in [1.54, 1.807) is 0 Å². The van der Waals surface area contributed by atoms with Gasteiger partial charge in [0, 0.05) is 0 Å². The van der Waals surface area contributed by atoms with Gasteiger partial charge in [-0.25, -0.2) is 4.39 Å². The summed E-state index contributed by atoms with van der Waals surface area (Å²) in [5.74, 6) is -2.79. The van der Waals surface area contributed by atoms with E-state index in [-0.39, 0.29) is 27.6 Å². The van der Waals surface area contributed by atoms with Crippen molar-refractivity contribution in [1.82, 2.24) is 10.5 Å². The molecule has 0 aliphatic rings. The van der Waals surface area contributed by atoms with Crippen LogP contribution in [0.2, 0.25) is 5.02 Å². The molecule has 0 saturated carbocycles. The lowest BCUT2D eigenvalue weighted by Gasteiger charge is -2.07. The Morgan fingerprint density at radius 1 is 1.48 bits per heavy atom. The number of halogens is 2. The Morgan fingerprint density at radius 3 is 2.81 bits per heavy atom. The third-order valence-electron chi connectivity index (χ3n) is 2.68. The summed E-state index contributed by atoms with van der Waals surface area (Å²) < 4.78 is 18.8. The average Bonchev–Trinajstić information content (AvgIpc) is 2.78. The zero-order valence-corrected chi connectivity index (χ0v) is 11.5. The molecule has 0 aliphatic carbocycles. The lowest BCUT2D eigenvalue weighted by molar-refractivity contribution is -0.303. The molecule has 0 saturated heterocycles. The molecular formula is C13H9ClFN2O4-. The van der Waals surface area contributed by atoms with Crippen molar-refractivity contribution in [3.8, 4) is 11.3 Å². The van der Waals surface area contributed by atoms with Crippen LogP contribution in [0, 0.1) is 12.7 Å². The second-order valence-electron chi connectivity index (χ2n) is 4.11. The van der Waals surface area contributed by atoms with Crippen molar-refractivity contribution in [2.45, 2.75) is 6.92 Å². The average molecular weight is 312 g/mol. The van der Waals surface area contributed by atoms with Gasteiger partial charge in [0.25, 0.3) is 5.91 Å². The molecule has 6 nitrogen and oxygen atoms in total. The number of benzene rings is 1. The van der Waals surface area contributed by atoms with E-state index in [9.17, 15) is 19.1 Å². The van der Waals surface area contributed by atoms with E-state index < -0.39 is 24.2 Å². The molecule has 8 heteroatoms. The molecule has 1 amide bonds. The largest absolute Gasteiger partial charge is 0.548 e. The Bertz CT molecular complexity index is 694. The Morgan fingerprint density at radius 2 is 2.19 bits per heavy atom. The first-order chi connectivity index (χ1) is 9.91. The molecule has 1 aromatic heterocycles. The van der Waals surface area contributed by atoms with Crippen molar-refractivity contribution in [3.05, 3.63) is 40.4 Å². The number of nitrogens with one attached hydrogen (secondary N) is 1. The van der Waals surface area contributed by atoms with Crippen LogP contribution in [0.4, 0.5) is 4.39 Å². The zero-order chi connectivity index (χ0) is 15.6. The molecule has 110 valence electrons. The number of aliphatic carboxylic acids is 1. The van der Waals surface area contributed by atoms with Gasteiger partial charge in [0.1, 0.15) is 22.8 Å². The summed E-state index contributed by atoms with van der Waals surface area (Å²) in [6.45, 7) is 0.757. The summed E-state index contributed by atoms with van der Waals surface area (Å²) in [4.78, 5) is 22.4. The molecule has 0 unspecified atom stereocenters. The Kier molecular flexibility index (Phi) is 4.23. The van der Waals surface area contributed by atoms with Gasteiger partial charge in [-0.1, -0.05) is 22.8 Å². The van der Waals surface area contributed by atoms with E-state index in [0.717, 1.165) is 6.07 Å². The number of aryl methyl sites for hydroxylation is 1. The number of aromatic nitrogens is 1. The van der Waals surface area contributed by atoms with E-state index in [2.05, 4.69) is 10.5 Å². The van der Waals surface area contributed by atoms with Gasteiger partial charge in [-0.05, 0) is 19.1 Å². The number of nitrogens with zero attached hydrogens (tertiary/aromatic N) is 1. The van der Waals surface area contributed by atoms with Crippen LogP contribution in [0.1, 0.15) is 16.1 Å². The van der Waals surface area contributed by atoms with E-state index in [1.165, 1.54) is 19.1 Å². The highest BCUT2D eigenvalue weighted by atomic mass is 35.5. The predicted octanol–water partition coefficient (Wildman–Crippen LogP) is 0.922. The van der Waals surface area contributed by atoms with Gasteiger partial charge in [0.05, 0.1) is 23.1 Å². The van der Waals surface area contributed by atoms with Gasteiger partial charge in [-0.2, -0.15) is 0 Å². The lowest BCUT2D eigenvalue weighted by atomic mass is 10.0. The van der Waals surface area contributed by atoms with Crippen molar-refractivity contribution in [2.24, 2.45) is 0 Å². The molecule has 0 bridgehead atoms. The smallest absolute Gasteiger partial charge is 0.257 e. The van der Waals surface area contributed by atoms with Crippen LogP contribution in [0.5, 0.6) is 0 Å². The minimum atomic E-state index is -1.46. The minimum Gasteiger partial charge on any atom is -0.548 e. The molecule has 2 rings (SSSR count). The normalized spacial score (nSPS) is 10.4. The summed E-state index contributed by atoms with van der Waals surface area (Å²) in [5.41, 5.74) is -0.260. The first kappa shape index (κ1) is 15.0. The fraction of sp³-hybridized carbons (Fsp3) is 0.154. The molecule has 0 radical (unpaired) electrons. The Labute approximate surface area is 123 Å². The molecule has 0 atom stereocenters. The maximum Gasteiger partial charge on any atom is 0.257 e. The number of carbonyl (C=O) groups excluding carboxylic acids is 2. The van der Waals surface area contributed by atoms with Crippen molar-refractivity contribution in [1.29, 1.82) is 0 Å². The Balaban J connectivity index is 2.48. The molecule has 2 aromatic rings. The van der Waals surface area contributed by atoms with Crippen LogP contribution in [-0.2, 0) is 4.79 Å². The second kappa shape index (κ2) is 5.92. The van der Waals surface area contributed by atoms with Gasteiger partial charge in [0.15, 0.2) is 0 Å².